The van der Waals surface area contributed by atoms with Gasteiger partial charge in [0.2, 0.25) is 0 Å². The van der Waals surface area contributed by atoms with Crippen LogP contribution in [-0.2, 0) is 9.53 Å². The lowest BCUT2D eigenvalue weighted by atomic mass is 10.3. The van der Waals surface area contributed by atoms with Crippen molar-refractivity contribution < 1.29 is 14.3 Å². The fourth-order valence-corrected chi connectivity index (χ4v) is 1.79. The van der Waals surface area contributed by atoms with E-state index in [2.05, 4.69) is 0 Å². The summed E-state index contributed by atoms with van der Waals surface area (Å²) in [6.07, 6.45) is 0.478. The molecular formula is C14H19ClN2O3S. The van der Waals surface area contributed by atoms with Crippen molar-refractivity contribution in [2.24, 2.45) is 5.73 Å². The van der Waals surface area contributed by atoms with Gasteiger partial charge in [0.15, 0.2) is 6.61 Å². The van der Waals surface area contributed by atoms with Gasteiger partial charge in [-0.25, -0.2) is 0 Å². The monoisotopic (exact) mass is 330 g/mol. The second kappa shape index (κ2) is 9.55. The van der Waals surface area contributed by atoms with Crippen LogP contribution in [0.15, 0.2) is 24.3 Å². The Labute approximate surface area is 135 Å². The number of nitrogens with two attached hydrogens (primary N) is 1. The molecule has 0 atom stereocenters. The fourth-order valence-electron chi connectivity index (χ4n) is 1.58. The summed E-state index contributed by atoms with van der Waals surface area (Å²) in [5.74, 6) is 0.451. The van der Waals surface area contributed by atoms with Crippen molar-refractivity contribution >= 4 is 34.7 Å². The Morgan fingerprint density at radius 2 is 2.00 bits per heavy atom. The average Bonchev–Trinajstić information content (AvgIpc) is 2.46. The van der Waals surface area contributed by atoms with Crippen LogP contribution in [0.4, 0.5) is 0 Å². The highest BCUT2D eigenvalue weighted by molar-refractivity contribution is 7.80. The summed E-state index contributed by atoms with van der Waals surface area (Å²) in [6.45, 7) is 1.33. The Balaban J connectivity index is 2.50. The van der Waals surface area contributed by atoms with Crippen LogP contribution in [0.3, 0.4) is 0 Å². The van der Waals surface area contributed by atoms with Crippen LogP contribution in [-0.4, -0.2) is 49.2 Å². The molecule has 5 nitrogen and oxygen atoms in total. The predicted molar refractivity (Wildman–Crippen MR) is 86.8 cm³/mol. The molecule has 2 N–H and O–H groups in total. The first-order valence-corrected chi connectivity index (χ1v) is 7.25. The van der Waals surface area contributed by atoms with Gasteiger partial charge in [0.1, 0.15) is 5.75 Å². The van der Waals surface area contributed by atoms with Gasteiger partial charge in [0.05, 0.1) is 11.6 Å². The first kappa shape index (κ1) is 17.7. The molecule has 0 aliphatic heterocycles. The summed E-state index contributed by atoms with van der Waals surface area (Å²) in [6, 6.07) is 6.84. The zero-order chi connectivity index (χ0) is 15.7. The highest BCUT2D eigenvalue weighted by Gasteiger charge is 2.14. The molecule has 0 heterocycles. The number of nitrogens with zero attached hydrogens (tertiary/aromatic N) is 1. The molecule has 116 valence electrons. The van der Waals surface area contributed by atoms with Crippen LogP contribution >= 0.6 is 23.8 Å². The number of benzene rings is 1. The van der Waals surface area contributed by atoms with Gasteiger partial charge >= 0.3 is 0 Å². The second-order valence-electron chi connectivity index (χ2n) is 4.33. The van der Waals surface area contributed by atoms with Gasteiger partial charge in [-0.05, 0) is 24.3 Å². The van der Waals surface area contributed by atoms with Crippen LogP contribution in [0, 0.1) is 0 Å². The molecule has 0 radical (unpaired) electrons. The normalized spacial score (nSPS) is 10.2. The zero-order valence-corrected chi connectivity index (χ0v) is 13.5. The summed E-state index contributed by atoms with van der Waals surface area (Å²) < 4.78 is 10.4. The van der Waals surface area contributed by atoms with Crippen molar-refractivity contribution in [3.8, 4) is 5.75 Å². The number of amides is 1. The minimum atomic E-state index is -0.141. The van der Waals surface area contributed by atoms with E-state index in [0.29, 0.717) is 41.9 Å². The molecule has 21 heavy (non-hydrogen) atoms. The van der Waals surface area contributed by atoms with Gasteiger partial charge in [0.25, 0.3) is 5.91 Å². The number of halogens is 1. The predicted octanol–water partition coefficient (Wildman–Crippen LogP) is 1.87. The molecule has 7 heteroatoms. The van der Waals surface area contributed by atoms with Crippen LogP contribution in [0.5, 0.6) is 5.75 Å². The molecular weight excluding hydrogens is 312 g/mol. The van der Waals surface area contributed by atoms with E-state index in [9.17, 15) is 4.79 Å². The van der Waals surface area contributed by atoms with Gasteiger partial charge < -0.3 is 20.1 Å². The van der Waals surface area contributed by atoms with Gasteiger partial charge in [-0.2, -0.15) is 0 Å². The fraction of sp³-hybridized carbons (Fsp3) is 0.429. The van der Waals surface area contributed by atoms with Crippen molar-refractivity contribution in [1.29, 1.82) is 0 Å². The number of ether oxygens (including phenoxy) is 2. The number of rotatable bonds is 9. The number of methoxy groups -OCH3 is 1. The summed E-state index contributed by atoms with van der Waals surface area (Å²) in [7, 11) is 1.58. The minimum Gasteiger partial charge on any atom is -0.484 e. The maximum absolute atomic E-state index is 12.1. The topological polar surface area (TPSA) is 64.8 Å². The third-order valence-corrected chi connectivity index (χ3v) is 3.18. The smallest absolute Gasteiger partial charge is 0.260 e. The molecule has 1 aromatic rings. The third-order valence-electron chi connectivity index (χ3n) is 2.72. The van der Waals surface area contributed by atoms with Crippen LogP contribution in [0.2, 0.25) is 5.02 Å². The SMILES string of the molecule is COCCN(CCC(N)=S)C(=O)COc1ccc(Cl)cc1. The number of thiocarbonyl (C=S) groups is 1. The highest BCUT2D eigenvalue weighted by atomic mass is 35.5. The molecule has 0 spiro atoms. The van der Waals surface area contributed by atoms with E-state index in [-0.39, 0.29) is 12.5 Å². The molecule has 0 aliphatic rings. The molecule has 0 aliphatic carbocycles. The maximum Gasteiger partial charge on any atom is 0.260 e. The van der Waals surface area contributed by atoms with Gasteiger partial charge in [-0.1, -0.05) is 23.8 Å². The Morgan fingerprint density at radius 3 is 2.57 bits per heavy atom. The van der Waals surface area contributed by atoms with E-state index in [4.69, 9.17) is 39.0 Å². The molecule has 0 saturated heterocycles. The number of carbonyl (C=O) groups is 1. The quantitative estimate of drug-likeness (QED) is 0.700. The molecule has 0 fully saturated rings. The molecule has 1 amide bonds. The van der Waals surface area contributed by atoms with E-state index in [1.54, 1.807) is 36.3 Å². The molecule has 1 aromatic carbocycles. The highest BCUT2D eigenvalue weighted by Crippen LogP contribution is 2.15. The molecule has 0 aromatic heterocycles. The first-order chi connectivity index (χ1) is 10.0. The number of hydrogen-bond donors (Lipinski definition) is 1. The summed E-state index contributed by atoms with van der Waals surface area (Å²) in [5, 5.41) is 0.617. The van der Waals surface area contributed by atoms with Gasteiger partial charge in [0, 0.05) is 31.6 Å². The molecule has 0 unspecified atom stereocenters. The largest absolute Gasteiger partial charge is 0.484 e. The standard InChI is InChI=1S/C14H19ClN2O3S/c1-19-9-8-17(7-6-13(16)21)14(18)10-20-12-4-2-11(15)3-5-12/h2-5H,6-10H2,1H3,(H2,16,21). The molecule has 0 saturated carbocycles. The summed E-state index contributed by atoms with van der Waals surface area (Å²) >= 11 is 10.6. The first-order valence-electron chi connectivity index (χ1n) is 6.46. The van der Waals surface area contributed by atoms with E-state index in [1.165, 1.54) is 0 Å². The Bertz CT molecular complexity index is 468. The lowest BCUT2D eigenvalue weighted by molar-refractivity contribution is -0.133. The Morgan fingerprint density at radius 1 is 1.33 bits per heavy atom. The average molecular weight is 331 g/mol. The van der Waals surface area contributed by atoms with Gasteiger partial charge in [-0.15, -0.1) is 0 Å². The lowest BCUT2D eigenvalue weighted by Gasteiger charge is -2.22. The van der Waals surface area contributed by atoms with E-state index >= 15 is 0 Å². The maximum atomic E-state index is 12.1. The van der Waals surface area contributed by atoms with E-state index in [1.807, 2.05) is 0 Å². The third kappa shape index (κ3) is 7.27. The summed E-state index contributed by atoms with van der Waals surface area (Å²) in [4.78, 5) is 14.1. The van der Waals surface area contributed by atoms with E-state index < -0.39 is 0 Å². The van der Waals surface area contributed by atoms with Crippen molar-refractivity contribution in [3.05, 3.63) is 29.3 Å². The minimum absolute atomic E-state index is 0.0529. The van der Waals surface area contributed by atoms with Crippen LogP contribution in [0.25, 0.3) is 0 Å². The second-order valence-corrected chi connectivity index (χ2v) is 5.29. The van der Waals surface area contributed by atoms with Gasteiger partial charge in [-0.3, -0.25) is 4.79 Å². The Hall–Kier alpha value is -1.37. The molecule has 1 rings (SSSR count). The van der Waals surface area contributed by atoms with E-state index in [0.717, 1.165) is 0 Å². The number of carbonyl (C=O) groups excluding carboxylic acids is 1. The van der Waals surface area contributed by atoms with Crippen molar-refractivity contribution in [3.63, 3.8) is 0 Å². The van der Waals surface area contributed by atoms with Crippen molar-refractivity contribution in [2.75, 3.05) is 33.4 Å². The van der Waals surface area contributed by atoms with Crippen molar-refractivity contribution in [1.82, 2.24) is 4.90 Å². The van der Waals surface area contributed by atoms with Crippen molar-refractivity contribution in [2.45, 2.75) is 6.42 Å². The summed E-state index contributed by atoms with van der Waals surface area (Å²) in [5.41, 5.74) is 5.47. The Kier molecular flexibility index (Phi) is 8.04. The molecule has 0 bridgehead atoms. The lowest BCUT2D eigenvalue weighted by Crippen LogP contribution is -2.39. The van der Waals surface area contributed by atoms with Crippen LogP contribution in [0.1, 0.15) is 6.42 Å². The zero-order valence-electron chi connectivity index (χ0n) is 11.9. The number of hydrogen-bond acceptors (Lipinski definition) is 4. The van der Waals surface area contributed by atoms with Crippen LogP contribution < -0.4 is 10.5 Å².